The summed E-state index contributed by atoms with van der Waals surface area (Å²) in [5.41, 5.74) is 0.563. The van der Waals surface area contributed by atoms with Crippen molar-refractivity contribution in [3.8, 4) is 22.6 Å². The van der Waals surface area contributed by atoms with E-state index in [9.17, 15) is 17.6 Å². The second kappa shape index (κ2) is 15.4. The van der Waals surface area contributed by atoms with Crippen molar-refractivity contribution in [1.82, 2.24) is 0 Å². The Morgan fingerprint density at radius 1 is 0.652 bits per heavy atom. The number of benzene rings is 3. The van der Waals surface area contributed by atoms with Gasteiger partial charge in [0.15, 0.2) is 34.8 Å². The second-order valence-electron chi connectivity index (χ2n) is 12.1. The Morgan fingerprint density at radius 2 is 1.26 bits per heavy atom. The van der Waals surface area contributed by atoms with Crippen LogP contribution < -0.4 is 9.47 Å². The summed E-state index contributed by atoms with van der Waals surface area (Å²) >= 11 is 0. The van der Waals surface area contributed by atoms with Crippen LogP contribution in [0.15, 0.2) is 42.5 Å². The Bertz CT molecular complexity index is 1550. The molecule has 1 unspecified atom stereocenters. The lowest BCUT2D eigenvalue weighted by atomic mass is 9.81. The molecule has 2 aliphatic rings. The fraction of sp³-hybridized carbons (Fsp3) is 0.459. The van der Waals surface area contributed by atoms with Crippen LogP contribution in [0, 0.1) is 40.8 Å². The zero-order chi connectivity index (χ0) is 32.8. The first-order chi connectivity index (χ1) is 22.2. The number of halogens is 6. The summed E-state index contributed by atoms with van der Waals surface area (Å²) in [5.74, 6) is -6.93. The minimum absolute atomic E-state index is 0.0125. The molecular formula is C37H40F6O3. The van der Waals surface area contributed by atoms with Crippen LogP contribution in [0.2, 0.25) is 0 Å². The van der Waals surface area contributed by atoms with Gasteiger partial charge in [-0.25, -0.2) is 17.6 Å². The monoisotopic (exact) mass is 646 g/mol. The molecule has 0 aromatic heterocycles. The van der Waals surface area contributed by atoms with Crippen molar-refractivity contribution in [2.24, 2.45) is 5.92 Å². The summed E-state index contributed by atoms with van der Waals surface area (Å²) in [4.78, 5) is 0. The van der Waals surface area contributed by atoms with Gasteiger partial charge in [-0.2, -0.15) is 8.78 Å². The van der Waals surface area contributed by atoms with E-state index in [0.29, 0.717) is 51.7 Å². The van der Waals surface area contributed by atoms with Gasteiger partial charge in [0.25, 0.3) is 0 Å². The summed E-state index contributed by atoms with van der Waals surface area (Å²) in [6.45, 7) is 4.64. The summed E-state index contributed by atoms with van der Waals surface area (Å²) < 4.78 is 105. The maximum Gasteiger partial charge on any atom is 0.201 e. The number of ether oxygens (including phenoxy) is 3. The van der Waals surface area contributed by atoms with E-state index in [1.54, 1.807) is 13.0 Å². The van der Waals surface area contributed by atoms with Crippen LogP contribution in [0.1, 0.15) is 88.7 Å². The quantitative estimate of drug-likeness (QED) is 0.145. The zero-order valence-corrected chi connectivity index (χ0v) is 26.3. The minimum atomic E-state index is -1.29. The molecule has 0 amide bonds. The maximum absolute atomic E-state index is 15.2. The molecule has 0 heterocycles. The number of hydrogen-bond donors (Lipinski definition) is 0. The first-order valence-electron chi connectivity index (χ1n) is 16.2. The highest BCUT2D eigenvalue weighted by Crippen LogP contribution is 2.40. The molecule has 1 atom stereocenters. The van der Waals surface area contributed by atoms with Crippen molar-refractivity contribution in [3.63, 3.8) is 0 Å². The summed E-state index contributed by atoms with van der Waals surface area (Å²) in [5, 5.41) is 0. The van der Waals surface area contributed by atoms with Gasteiger partial charge in [0.2, 0.25) is 11.6 Å². The van der Waals surface area contributed by atoms with E-state index in [1.165, 1.54) is 30.3 Å². The van der Waals surface area contributed by atoms with Crippen molar-refractivity contribution in [2.45, 2.75) is 83.7 Å². The van der Waals surface area contributed by atoms with Crippen LogP contribution in [0.4, 0.5) is 26.3 Å². The average Bonchev–Trinajstić information content (AvgIpc) is 3.07. The van der Waals surface area contributed by atoms with E-state index in [1.807, 2.05) is 13.0 Å². The predicted molar refractivity (Wildman–Crippen MR) is 166 cm³/mol. The molecule has 3 aromatic rings. The summed E-state index contributed by atoms with van der Waals surface area (Å²) in [7, 11) is 0. The molecule has 9 heteroatoms. The van der Waals surface area contributed by atoms with Gasteiger partial charge in [-0.3, -0.25) is 0 Å². The second-order valence-corrected chi connectivity index (χ2v) is 12.1. The molecule has 1 saturated carbocycles. The molecule has 0 N–H and O–H groups in total. The number of hydrogen-bond acceptors (Lipinski definition) is 3. The molecule has 5 rings (SSSR count). The van der Waals surface area contributed by atoms with Crippen molar-refractivity contribution in [3.05, 3.63) is 88.5 Å². The summed E-state index contributed by atoms with van der Waals surface area (Å²) in [6.07, 6.45) is 8.26. The topological polar surface area (TPSA) is 27.7 Å². The van der Waals surface area contributed by atoms with E-state index >= 15 is 8.78 Å². The molecule has 3 nitrogen and oxygen atoms in total. The van der Waals surface area contributed by atoms with Crippen LogP contribution in [0.3, 0.4) is 0 Å². The molecule has 0 bridgehead atoms. The third kappa shape index (κ3) is 7.40. The highest BCUT2D eigenvalue weighted by Gasteiger charge is 2.29. The molecule has 248 valence electrons. The van der Waals surface area contributed by atoms with E-state index < -0.39 is 34.9 Å². The lowest BCUT2D eigenvalue weighted by Crippen LogP contribution is -2.24. The van der Waals surface area contributed by atoms with Crippen molar-refractivity contribution < 1.29 is 40.6 Å². The molecule has 1 fully saturated rings. The Hall–Kier alpha value is -3.46. The van der Waals surface area contributed by atoms with Crippen molar-refractivity contribution >= 4 is 5.57 Å². The molecule has 2 aliphatic carbocycles. The van der Waals surface area contributed by atoms with Gasteiger partial charge in [-0.1, -0.05) is 31.6 Å². The minimum Gasteiger partial charge on any atom is -0.491 e. The number of allylic oxidation sites excluding steroid dienone is 2. The van der Waals surface area contributed by atoms with Gasteiger partial charge in [0.05, 0.1) is 25.9 Å². The normalized spacial score (nSPS) is 20.0. The SMILES string of the molecule is CCCCOc1ccc(C2=CCC(COC3CCC(c4ccc(-c5ccc(OCC)c(F)c5F)c(F)c4F)CC3)CC2)c(F)c1F. The molecule has 46 heavy (non-hydrogen) atoms. The van der Waals surface area contributed by atoms with Gasteiger partial charge < -0.3 is 14.2 Å². The smallest absolute Gasteiger partial charge is 0.201 e. The Morgan fingerprint density at radius 3 is 1.89 bits per heavy atom. The van der Waals surface area contributed by atoms with Gasteiger partial charge in [0.1, 0.15) is 0 Å². The number of unbranched alkanes of at least 4 members (excludes halogenated alkanes) is 1. The van der Waals surface area contributed by atoms with Gasteiger partial charge in [-0.05, 0) is 106 Å². The van der Waals surface area contributed by atoms with Crippen LogP contribution in [0.5, 0.6) is 11.5 Å². The fourth-order valence-corrected chi connectivity index (χ4v) is 6.41. The van der Waals surface area contributed by atoms with Crippen LogP contribution in [-0.2, 0) is 4.74 Å². The molecule has 0 radical (unpaired) electrons. The van der Waals surface area contributed by atoms with Crippen LogP contribution in [0.25, 0.3) is 16.7 Å². The predicted octanol–water partition coefficient (Wildman–Crippen LogP) is 10.7. The highest BCUT2D eigenvalue weighted by molar-refractivity contribution is 5.68. The Balaban J connectivity index is 1.13. The molecule has 3 aromatic carbocycles. The van der Waals surface area contributed by atoms with E-state index in [2.05, 4.69) is 0 Å². The first kappa shape index (κ1) is 33.9. The molecule has 0 aliphatic heterocycles. The van der Waals surface area contributed by atoms with E-state index in [-0.39, 0.29) is 58.3 Å². The summed E-state index contributed by atoms with van der Waals surface area (Å²) in [6, 6.07) is 8.23. The van der Waals surface area contributed by atoms with Gasteiger partial charge in [-0.15, -0.1) is 0 Å². The third-order valence-electron chi connectivity index (χ3n) is 9.10. The molecule has 0 saturated heterocycles. The highest BCUT2D eigenvalue weighted by atomic mass is 19.2. The Kier molecular flexibility index (Phi) is 11.4. The van der Waals surface area contributed by atoms with Crippen LogP contribution >= 0.6 is 0 Å². The standard InChI is InChI=1S/C37H40F6O3/c1-3-5-20-45-31-18-16-27(33(39)37(31)43)23-8-6-22(7-9-23)21-46-25-12-10-24(11-13-25)26-14-15-28(34(40)32(26)38)29-17-19-30(44-4-2)36(42)35(29)41/h8,14-19,22,24-25H,3-7,9-13,20-21H2,1-2H3. The fourth-order valence-electron chi connectivity index (χ4n) is 6.41. The lowest BCUT2D eigenvalue weighted by Gasteiger charge is -2.31. The van der Waals surface area contributed by atoms with Crippen molar-refractivity contribution in [1.29, 1.82) is 0 Å². The molecule has 0 spiro atoms. The lowest BCUT2D eigenvalue weighted by molar-refractivity contribution is 0.00322. The van der Waals surface area contributed by atoms with Gasteiger partial charge in [0, 0.05) is 16.7 Å². The van der Waals surface area contributed by atoms with Gasteiger partial charge >= 0.3 is 0 Å². The maximum atomic E-state index is 15.2. The number of rotatable bonds is 12. The van der Waals surface area contributed by atoms with Crippen LogP contribution in [-0.4, -0.2) is 25.9 Å². The van der Waals surface area contributed by atoms with Crippen molar-refractivity contribution in [2.75, 3.05) is 19.8 Å². The molecular weight excluding hydrogens is 606 g/mol. The first-order valence-corrected chi connectivity index (χ1v) is 16.2. The van der Waals surface area contributed by atoms with E-state index in [4.69, 9.17) is 14.2 Å². The largest absolute Gasteiger partial charge is 0.491 e. The zero-order valence-electron chi connectivity index (χ0n) is 26.3. The van der Waals surface area contributed by atoms with E-state index in [0.717, 1.165) is 24.8 Å². The average molecular weight is 647 g/mol. The Labute approximate surface area is 266 Å². The third-order valence-corrected chi connectivity index (χ3v) is 9.10.